The van der Waals surface area contributed by atoms with Gasteiger partial charge in [-0.25, -0.2) is 0 Å². The SMILES string of the molecule is CCOC(=O)[C@H]1CCCN(Cn2ccn(-c3ccccc3C)c2=S)C1. The van der Waals surface area contributed by atoms with Gasteiger partial charge < -0.3 is 9.30 Å². The molecule has 25 heavy (non-hydrogen) atoms. The molecule has 1 aromatic carbocycles. The van der Waals surface area contributed by atoms with Crippen molar-refractivity contribution in [3.8, 4) is 5.69 Å². The molecule has 0 N–H and O–H groups in total. The quantitative estimate of drug-likeness (QED) is 0.605. The number of hydrogen-bond acceptors (Lipinski definition) is 4. The van der Waals surface area contributed by atoms with E-state index in [-0.39, 0.29) is 11.9 Å². The lowest BCUT2D eigenvalue weighted by molar-refractivity contribution is -0.150. The molecule has 1 atom stereocenters. The number of hydrogen-bond donors (Lipinski definition) is 0. The van der Waals surface area contributed by atoms with Crippen molar-refractivity contribution in [2.24, 2.45) is 5.92 Å². The number of rotatable bonds is 5. The van der Waals surface area contributed by atoms with Crippen LogP contribution in [0.3, 0.4) is 0 Å². The van der Waals surface area contributed by atoms with E-state index in [1.165, 1.54) is 5.56 Å². The number of para-hydroxylation sites is 1. The summed E-state index contributed by atoms with van der Waals surface area (Å²) in [5.41, 5.74) is 2.30. The highest BCUT2D eigenvalue weighted by Crippen LogP contribution is 2.20. The van der Waals surface area contributed by atoms with Crippen LogP contribution in [0.2, 0.25) is 0 Å². The van der Waals surface area contributed by atoms with E-state index in [0.717, 1.165) is 36.4 Å². The molecule has 1 aliphatic heterocycles. The highest BCUT2D eigenvalue weighted by atomic mass is 32.1. The average molecular weight is 359 g/mol. The minimum atomic E-state index is -0.0757. The maximum absolute atomic E-state index is 12.0. The largest absolute Gasteiger partial charge is 0.466 e. The van der Waals surface area contributed by atoms with Crippen molar-refractivity contribution in [2.75, 3.05) is 19.7 Å². The van der Waals surface area contributed by atoms with Crippen molar-refractivity contribution >= 4 is 18.2 Å². The third-order valence-corrected chi connectivity index (χ3v) is 5.13. The number of likely N-dealkylation sites (tertiary alicyclic amines) is 1. The van der Waals surface area contributed by atoms with Crippen molar-refractivity contribution in [3.63, 3.8) is 0 Å². The van der Waals surface area contributed by atoms with Crippen LogP contribution in [0.5, 0.6) is 0 Å². The van der Waals surface area contributed by atoms with Crippen LogP contribution in [0.15, 0.2) is 36.7 Å². The fourth-order valence-corrected chi connectivity index (χ4v) is 3.67. The summed E-state index contributed by atoms with van der Waals surface area (Å²) in [6, 6.07) is 8.22. The highest BCUT2D eigenvalue weighted by molar-refractivity contribution is 7.71. The van der Waals surface area contributed by atoms with E-state index < -0.39 is 0 Å². The molecule has 0 bridgehead atoms. The normalized spacial score (nSPS) is 18.2. The van der Waals surface area contributed by atoms with Crippen molar-refractivity contribution in [3.05, 3.63) is 47.0 Å². The first kappa shape index (κ1) is 17.9. The van der Waals surface area contributed by atoms with Crippen molar-refractivity contribution in [2.45, 2.75) is 33.4 Å². The number of nitrogens with zero attached hydrogens (tertiary/aromatic N) is 3. The Morgan fingerprint density at radius 1 is 1.32 bits per heavy atom. The minimum Gasteiger partial charge on any atom is -0.466 e. The first-order chi connectivity index (χ1) is 12.1. The standard InChI is InChI=1S/C19H25N3O2S/c1-3-24-18(23)16-8-6-10-20(13-16)14-21-11-12-22(19(21)25)17-9-5-4-7-15(17)2/h4-5,7,9,11-12,16H,3,6,8,10,13-14H2,1-2H3/t16-/m0/s1. The fourth-order valence-electron chi connectivity index (χ4n) is 3.39. The Hall–Kier alpha value is -1.92. The number of carbonyl (C=O) groups excluding carboxylic acids is 1. The van der Waals surface area contributed by atoms with Gasteiger partial charge in [0.05, 0.1) is 24.9 Å². The second kappa shape index (κ2) is 7.97. The number of carbonyl (C=O) groups is 1. The van der Waals surface area contributed by atoms with Gasteiger partial charge in [-0.1, -0.05) is 18.2 Å². The molecule has 3 rings (SSSR count). The van der Waals surface area contributed by atoms with Crippen LogP contribution in [0.25, 0.3) is 5.69 Å². The summed E-state index contributed by atoms with van der Waals surface area (Å²) in [6.07, 6.45) is 5.94. The Bertz CT molecular complexity index is 796. The summed E-state index contributed by atoms with van der Waals surface area (Å²) in [4.78, 5) is 14.3. The topological polar surface area (TPSA) is 39.4 Å². The van der Waals surface area contributed by atoms with E-state index >= 15 is 0 Å². The number of benzene rings is 1. The Morgan fingerprint density at radius 2 is 2.12 bits per heavy atom. The van der Waals surface area contributed by atoms with Gasteiger partial charge in [0.25, 0.3) is 0 Å². The maximum atomic E-state index is 12.0. The summed E-state index contributed by atoms with van der Waals surface area (Å²) < 4.78 is 10.1. The van der Waals surface area contributed by atoms with E-state index in [1.807, 2.05) is 36.0 Å². The summed E-state index contributed by atoms with van der Waals surface area (Å²) in [5.74, 6) is -0.102. The number of aryl methyl sites for hydroxylation is 1. The number of esters is 1. The average Bonchev–Trinajstić information content (AvgIpc) is 2.96. The Kier molecular flexibility index (Phi) is 5.71. The Morgan fingerprint density at radius 3 is 2.88 bits per heavy atom. The molecule has 5 nitrogen and oxygen atoms in total. The lowest BCUT2D eigenvalue weighted by atomic mass is 9.99. The molecule has 1 aromatic heterocycles. The summed E-state index contributed by atoms with van der Waals surface area (Å²) in [7, 11) is 0. The van der Waals surface area contributed by atoms with Crippen molar-refractivity contribution in [1.29, 1.82) is 0 Å². The second-order valence-corrected chi connectivity index (χ2v) is 6.88. The Balaban J connectivity index is 1.73. The van der Waals surface area contributed by atoms with Gasteiger partial charge in [0.2, 0.25) is 0 Å². The monoisotopic (exact) mass is 359 g/mol. The predicted molar refractivity (Wildman–Crippen MR) is 100 cm³/mol. The van der Waals surface area contributed by atoms with Gasteiger partial charge in [-0.3, -0.25) is 14.3 Å². The molecule has 0 unspecified atom stereocenters. The van der Waals surface area contributed by atoms with Crippen LogP contribution in [0.4, 0.5) is 0 Å². The van der Waals surface area contributed by atoms with Crippen LogP contribution in [0.1, 0.15) is 25.3 Å². The van der Waals surface area contributed by atoms with Gasteiger partial charge >= 0.3 is 5.97 Å². The van der Waals surface area contributed by atoms with E-state index in [2.05, 4.69) is 28.5 Å². The van der Waals surface area contributed by atoms with Gasteiger partial charge in [-0.05, 0) is 57.1 Å². The molecular weight excluding hydrogens is 334 g/mol. The smallest absolute Gasteiger partial charge is 0.310 e. The molecule has 0 saturated carbocycles. The number of ether oxygens (including phenoxy) is 1. The zero-order valence-corrected chi connectivity index (χ0v) is 15.7. The first-order valence-electron chi connectivity index (χ1n) is 8.83. The van der Waals surface area contributed by atoms with Crippen LogP contribution in [0, 0.1) is 17.6 Å². The predicted octanol–water partition coefficient (Wildman–Crippen LogP) is 3.55. The van der Waals surface area contributed by atoms with Gasteiger partial charge in [0.15, 0.2) is 4.77 Å². The molecule has 2 aromatic rings. The first-order valence-corrected chi connectivity index (χ1v) is 9.23. The molecule has 0 radical (unpaired) electrons. The highest BCUT2D eigenvalue weighted by Gasteiger charge is 2.27. The van der Waals surface area contributed by atoms with E-state index in [4.69, 9.17) is 17.0 Å². The summed E-state index contributed by atoms with van der Waals surface area (Å²) >= 11 is 5.67. The zero-order chi connectivity index (χ0) is 17.8. The van der Waals surface area contributed by atoms with Gasteiger partial charge in [0.1, 0.15) is 0 Å². The molecule has 0 amide bonds. The molecule has 0 spiro atoms. The van der Waals surface area contributed by atoms with Crippen LogP contribution >= 0.6 is 12.2 Å². The number of imidazole rings is 1. The van der Waals surface area contributed by atoms with Crippen molar-refractivity contribution in [1.82, 2.24) is 14.0 Å². The van der Waals surface area contributed by atoms with Crippen LogP contribution < -0.4 is 0 Å². The van der Waals surface area contributed by atoms with E-state index in [9.17, 15) is 4.79 Å². The van der Waals surface area contributed by atoms with E-state index in [0.29, 0.717) is 13.3 Å². The third kappa shape index (κ3) is 4.02. The maximum Gasteiger partial charge on any atom is 0.310 e. The number of aromatic nitrogens is 2. The van der Waals surface area contributed by atoms with Gasteiger partial charge in [-0.15, -0.1) is 0 Å². The molecule has 1 fully saturated rings. The van der Waals surface area contributed by atoms with Crippen molar-refractivity contribution < 1.29 is 9.53 Å². The lowest BCUT2D eigenvalue weighted by Crippen LogP contribution is -2.40. The molecule has 1 saturated heterocycles. The molecule has 6 heteroatoms. The fraction of sp³-hybridized carbons (Fsp3) is 0.474. The van der Waals surface area contributed by atoms with Gasteiger partial charge in [0, 0.05) is 18.9 Å². The van der Waals surface area contributed by atoms with Crippen LogP contribution in [-0.2, 0) is 16.2 Å². The molecule has 0 aliphatic carbocycles. The number of piperidine rings is 1. The lowest BCUT2D eigenvalue weighted by Gasteiger charge is -2.31. The Labute approximate surface area is 153 Å². The molecule has 1 aliphatic rings. The zero-order valence-electron chi connectivity index (χ0n) is 14.9. The molecule has 2 heterocycles. The third-order valence-electron chi connectivity index (χ3n) is 4.70. The molecular formula is C19H25N3O2S. The van der Waals surface area contributed by atoms with E-state index in [1.54, 1.807) is 0 Å². The van der Waals surface area contributed by atoms with Gasteiger partial charge in [-0.2, -0.15) is 0 Å². The van der Waals surface area contributed by atoms with Crippen LogP contribution in [-0.4, -0.2) is 39.7 Å². The second-order valence-electron chi connectivity index (χ2n) is 6.52. The summed E-state index contributed by atoms with van der Waals surface area (Å²) in [5, 5.41) is 0. The molecule has 134 valence electrons. The summed E-state index contributed by atoms with van der Waals surface area (Å²) in [6.45, 7) is 6.80. The minimum absolute atomic E-state index is 0.0266.